The van der Waals surface area contributed by atoms with Crippen molar-refractivity contribution in [2.45, 2.75) is 38.5 Å². The van der Waals surface area contributed by atoms with Crippen LogP contribution in [0.3, 0.4) is 0 Å². The van der Waals surface area contributed by atoms with Crippen LogP contribution in [0.15, 0.2) is 61.2 Å². The number of para-hydroxylation sites is 1. The number of nitrogens with zero attached hydrogens (tertiary/aromatic N) is 10. The molecule has 0 aliphatic carbocycles. The smallest absolute Gasteiger partial charge is 0.317 e. The molecule has 14 heteroatoms. The number of amides is 1. The molecular weight excluding hydrogens is 594 g/mol. The monoisotopic (exact) mass is 622 g/mol. The zero-order valence-electron chi connectivity index (χ0n) is 25.0. The minimum Gasteiger partial charge on any atom is -0.458 e. The molecule has 0 spiro atoms. The standard InChI is InChI=1S/C32H28F2N10O2/c1-18-39-25-6-3-5-21-24-9-10-35-32(40-24)46-20-14-27(31(45)41(2)11-4-12-42(18)28(21)25)43(16-20)29-22-15-38-44(30(22)37-17-36-29)26-8-7-19(33)13-23(26)34/h3,5-10,13,15,17,20,27H,4,11-12,14,16H2,1-2H3/t20-,27-/m0/s1. The lowest BCUT2D eigenvalue weighted by Gasteiger charge is -2.28. The van der Waals surface area contributed by atoms with Crippen molar-refractivity contribution in [2.24, 2.45) is 0 Å². The molecule has 0 radical (unpaired) electrons. The summed E-state index contributed by atoms with van der Waals surface area (Å²) in [6.07, 6.45) is 5.17. The normalized spacial score (nSPS) is 18.6. The third kappa shape index (κ3) is 4.59. The van der Waals surface area contributed by atoms with Gasteiger partial charge in [-0.3, -0.25) is 4.79 Å². The van der Waals surface area contributed by atoms with E-state index in [0.717, 1.165) is 34.6 Å². The van der Waals surface area contributed by atoms with Gasteiger partial charge in [0.1, 0.15) is 41.6 Å². The number of halogens is 2. The topological polar surface area (TPSA) is 120 Å². The van der Waals surface area contributed by atoms with Crippen molar-refractivity contribution >= 4 is 33.8 Å². The Labute approximate surface area is 261 Å². The van der Waals surface area contributed by atoms with E-state index in [1.54, 1.807) is 18.1 Å². The number of rotatable bonds is 2. The first-order valence-corrected chi connectivity index (χ1v) is 15.0. The quantitative estimate of drug-likeness (QED) is 0.281. The summed E-state index contributed by atoms with van der Waals surface area (Å²) in [7, 11) is 1.80. The Morgan fingerprint density at radius 3 is 2.78 bits per heavy atom. The fourth-order valence-electron chi connectivity index (χ4n) is 6.55. The number of fused-ring (bicyclic) bond motifs is 6. The number of aromatic nitrogens is 8. The summed E-state index contributed by atoms with van der Waals surface area (Å²) in [5.74, 6) is -0.228. The fraction of sp³-hybridized carbons (Fsp3) is 0.281. The second kappa shape index (κ2) is 10.8. The van der Waals surface area contributed by atoms with Gasteiger partial charge in [-0.15, -0.1) is 0 Å². The predicted octanol–water partition coefficient (Wildman–Crippen LogP) is 4.10. The van der Waals surface area contributed by atoms with Crippen LogP contribution >= 0.6 is 0 Å². The van der Waals surface area contributed by atoms with Crippen molar-refractivity contribution in [3.8, 4) is 23.0 Å². The van der Waals surface area contributed by atoms with Crippen molar-refractivity contribution in [1.82, 2.24) is 44.2 Å². The molecule has 2 aliphatic heterocycles. The molecule has 2 atom stereocenters. The Balaban J connectivity index is 1.20. The molecule has 12 nitrogen and oxygen atoms in total. The van der Waals surface area contributed by atoms with Crippen molar-refractivity contribution in [3.63, 3.8) is 0 Å². The Hall–Kier alpha value is -5.53. The van der Waals surface area contributed by atoms with E-state index in [1.807, 2.05) is 36.1 Å². The number of ether oxygens (including phenoxy) is 1. The summed E-state index contributed by atoms with van der Waals surface area (Å²) in [5.41, 5.74) is 3.86. The number of benzene rings is 2. The van der Waals surface area contributed by atoms with Gasteiger partial charge in [0, 0.05) is 44.4 Å². The number of imidazole rings is 1. The SMILES string of the molecule is Cc1nc2cccc3c2n1CCCN(C)C(=O)[C@@H]1C[C@@H](CN1c1ncnc2c1cnn2-c1ccc(F)cc1F)Oc1nccc-3n1. The molecule has 0 N–H and O–H groups in total. The van der Waals surface area contributed by atoms with Crippen LogP contribution in [0.25, 0.3) is 39.0 Å². The van der Waals surface area contributed by atoms with E-state index >= 15 is 0 Å². The van der Waals surface area contributed by atoms with E-state index in [0.29, 0.717) is 55.0 Å². The second-order valence-corrected chi connectivity index (χ2v) is 11.6. The Bertz CT molecular complexity index is 2150. The summed E-state index contributed by atoms with van der Waals surface area (Å²) in [5, 5.41) is 4.86. The molecule has 46 heavy (non-hydrogen) atoms. The van der Waals surface area contributed by atoms with Crippen LogP contribution in [0.5, 0.6) is 6.01 Å². The summed E-state index contributed by atoms with van der Waals surface area (Å²) < 4.78 is 38.2. The average molecular weight is 623 g/mol. The molecule has 6 heterocycles. The molecule has 4 bridgehead atoms. The lowest BCUT2D eigenvalue weighted by Crippen LogP contribution is -2.45. The van der Waals surface area contributed by atoms with Crippen LogP contribution in [-0.4, -0.2) is 82.4 Å². The highest BCUT2D eigenvalue weighted by molar-refractivity contribution is 5.93. The molecular formula is C32H28F2N10O2. The highest BCUT2D eigenvalue weighted by atomic mass is 19.1. The Kier molecular flexibility index (Phi) is 6.58. The van der Waals surface area contributed by atoms with Crippen molar-refractivity contribution in [1.29, 1.82) is 0 Å². The molecule has 1 fully saturated rings. The Morgan fingerprint density at radius 1 is 1.02 bits per heavy atom. The maximum absolute atomic E-state index is 14.7. The zero-order valence-corrected chi connectivity index (χ0v) is 25.0. The lowest BCUT2D eigenvalue weighted by atomic mass is 10.1. The van der Waals surface area contributed by atoms with Crippen LogP contribution in [0.1, 0.15) is 18.7 Å². The Morgan fingerprint density at radius 2 is 1.91 bits per heavy atom. The van der Waals surface area contributed by atoms with E-state index in [-0.39, 0.29) is 17.6 Å². The van der Waals surface area contributed by atoms with E-state index < -0.39 is 23.8 Å². The van der Waals surface area contributed by atoms with Crippen molar-refractivity contribution < 1.29 is 18.3 Å². The molecule has 6 aromatic rings. The molecule has 2 aromatic carbocycles. The van der Waals surface area contributed by atoms with Crippen LogP contribution in [0, 0.1) is 18.6 Å². The van der Waals surface area contributed by atoms with Gasteiger partial charge in [-0.25, -0.2) is 33.4 Å². The zero-order chi connectivity index (χ0) is 31.5. The van der Waals surface area contributed by atoms with Crippen molar-refractivity contribution in [3.05, 3.63) is 78.6 Å². The minimum atomic E-state index is -0.779. The molecule has 4 aromatic heterocycles. The van der Waals surface area contributed by atoms with Crippen LogP contribution in [0.4, 0.5) is 14.6 Å². The molecule has 1 saturated heterocycles. The third-order valence-corrected chi connectivity index (χ3v) is 8.69. The van der Waals surface area contributed by atoms with E-state index in [1.165, 1.54) is 23.3 Å². The molecule has 1 amide bonds. The maximum atomic E-state index is 14.7. The van der Waals surface area contributed by atoms with Gasteiger partial charge in [-0.2, -0.15) is 10.1 Å². The number of carbonyl (C=O) groups is 1. The third-order valence-electron chi connectivity index (χ3n) is 8.69. The summed E-state index contributed by atoms with van der Waals surface area (Å²) in [4.78, 5) is 40.6. The predicted molar refractivity (Wildman–Crippen MR) is 164 cm³/mol. The highest BCUT2D eigenvalue weighted by Crippen LogP contribution is 2.34. The number of hydrogen-bond acceptors (Lipinski definition) is 9. The number of aryl methyl sites for hydroxylation is 2. The molecule has 2 aliphatic rings. The van der Waals surface area contributed by atoms with Gasteiger partial charge in [0.25, 0.3) is 0 Å². The first kappa shape index (κ1) is 28.0. The van der Waals surface area contributed by atoms with Gasteiger partial charge < -0.3 is 19.1 Å². The number of hydrogen-bond donors (Lipinski definition) is 0. The van der Waals surface area contributed by atoms with Gasteiger partial charge in [0.05, 0.1) is 34.9 Å². The largest absolute Gasteiger partial charge is 0.458 e. The number of likely N-dealkylation sites (N-methyl/N-ethyl adjacent to an activating group) is 1. The summed E-state index contributed by atoms with van der Waals surface area (Å²) >= 11 is 0. The van der Waals surface area contributed by atoms with Gasteiger partial charge in [0.2, 0.25) is 5.91 Å². The molecule has 0 saturated carbocycles. The molecule has 0 unspecified atom stereocenters. The molecule has 8 rings (SSSR count). The number of carbonyl (C=O) groups excluding carboxylic acids is 1. The first-order chi connectivity index (χ1) is 22.4. The van der Waals surface area contributed by atoms with E-state index in [9.17, 15) is 13.6 Å². The summed E-state index contributed by atoms with van der Waals surface area (Å²) in [6, 6.07) is 10.7. The maximum Gasteiger partial charge on any atom is 0.317 e. The minimum absolute atomic E-state index is 0.0430. The van der Waals surface area contributed by atoms with Gasteiger partial charge in [0.15, 0.2) is 11.5 Å². The average Bonchev–Trinajstić information content (AvgIpc) is 3.75. The van der Waals surface area contributed by atoms with Crippen LogP contribution < -0.4 is 9.64 Å². The van der Waals surface area contributed by atoms with Gasteiger partial charge >= 0.3 is 6.01 Å². The van der Waals surface area contributed by atoms with E-state index in [2.05, 4.69) is 24.6 Å². The van der Waals surface area contributed by atoms with Crippen molar-refractivity contribution in [2.75, 3.05) is 25.0 Å². The lowest BCUT2D eigenvalue weighted by molar-refractivity contribution is -0.131. The number of anilines is 1. The summed E-state index contributed by atoms with van der Waals surface area (Å²) in [6.45, 7) is 3.47. The fourth-order valence-corrected chi connectivity index (χ4v) is 6.55. The van der Waals surface area contributed by atoms with Gasteiger partial charge in [-0.1, -0.05) is 12.1 Å². The van der Waals surface area contributed by atoms with E-state index in [4.69, 9.17) is 14.7 Å². The molecule has 232 valence electrons. The van der Waals surface area contributed by atoms with Gasteiger partial charge in [-0.05, 0) is 37.6 Å². The van der Waals surface area contributed by atoms with Crippen LogP contribution in [0.2, 0.25) is 0 Å². The highest BCUT2D eigenvalue weighted by Gasteiger charge is 2.41. The first-order valence-electron chi connectivity index (χ1n) is 15.0. The second-order valence-electron chi connectivity index (χ2n) is 11.6. The van der Waals surface area contributed by atoms with Crippen LogP contribution in [-0.2, 0) is 11.3 Å².